The van der Waals surface area contributed by atoms with Gasteiger partial charge in [-0.05, 0) is 29.8 Å². The molecule has 3 N–H and O–H groups in total. The predicted molar refractivity (Wildman–Crippen MR) is 71.9 cm³/mol. The summed E-state index contributed by atoms with van der Waals surface area (Å²) in [5.41, 5.74) is 6.43. The first-order valence-corrected chi connectivity index (χ1v) is 6.30. The van der Waals surface area contributed by atoms with Gasteiger partial charge in [-0.2, -0.15) is 0 Å². The second kappa shape index (κ2) is 5.84. The lowest BCUT2D eigenvalue weighted by Crippen LogP contribution is -2.22. The summed E-state index contributed by atoms with van der Waals surface area (Å²) in [4.78, 5) is 11.8. The van der Waals surface area contributed by atoms with Crippen LogP contribution < -0.4 is 11.1 Å². The van der Waals surface area contributed by atoms with E-state index in [-0.39, 0.29) is 11.7 Å². The van der Waals surface area contributed by atoms with E-state index in [4.69, 9.17) is 10.2 Å². The zero-order valence-corrected chi connectivity index (χ0v) is 11.2. The van der Waals surface area contributed by atoms with Crippen LogP contribution in [0.4, 0.5) is 0 Å². The maximum atomic E-state index is 11.8. The van der Waals surface area contributed by atoms with Crippen molar-refractivity contribution in [2.45, 2.75) is 13.1 Å². The molecule has 0 aliphatic carbocycles. The highest BCUT2D eigenvalue weighted by molar-refractivity contribution is 9.10. The number of carbonyl (C=O) groups is 1. The average molecular weight is 309 g/mol. The van der Waals surface area contributed by atoms with Crippen molar-refractivity contribution in [1.82, 2.24) is 5.32 Å². The van der Waals surface area contributed by atoms with E-state index in [1.807, 2.05) is 24.3 Å². The summed E-state index contributed by atoms with van der Waals surface area (Å²) in [5.74, 6) is 0.641. The van der Waals surface area contributed by atoms with Gasteiger partial charge in [0, 0.05) is 11.0 Å². The van der Waals surface area contributed by atoms with E-state index in [0.717, 1.165) is 10.0 Å². The molecule has 1 aromatic heterocycles. The first-order chi connectivity index (χ1) is 8.69. The summed E-state index contributed by atoms with van der Waals surface area (Å²) in [7, 11) is 0. The lowest BCUT2D eigenvalue weighted by Gasteiger charge is -2.03. The summed E-state index contributed by atoms with van der Waals surface area (Å²) in [6.07, 6.45) is 0. The summed E-state index contributed by atoms with van der Waals surface area (Å²) >= 11 is 3.38. The van der Waals surface area contributed by atoms with Gasteiger partial charge in [-0.25, -0.2) is 0 Å². The highest BCUT2D eigenvalue weighted by atomic mass is 79.9. The molecule has 0 fully saturated rings. The monoisotopic (exact) mass is 308 g/mol. The highest BCUT2D eigenvalue weighted by Crippen LogP contribution is 2.12. The molecule has 5 heteroatoms. The molecular weight excluding hydrogens is 296 g/mol. The Kier molecular flexibility index (Phi) is 4.17. The summed E-state index contributed by atoms with van der Waals surface area (Å²) in [6, 6.07) is 11.1. The number of hydrogen-bond acceptors (Lipinski definition) is 3. The van der Waals surface area contributed by atoms with Crippen LogP contribution in [0.1, 0.15) is 21.9 Å². The third-order valence-electron chi connectivity index (χ3n) is 2.43. The van der Waals surface area contributed by atoms with Crippen molar-refractivity contribution in [2.24, 2.45) is 5.73 Å². The van der Waals surface area contributed by atoms with E-state index in [9.17, 15) is 4.79 Å². The third-order valence-corrected chi connectivity index (χ3v) is 2.92. The van der Waals surface area contributed by atoms with Crippen molar-refractivity contribution >= 4 is 21.8 Å². The minimum atomic E-state index is -0.241. The van der Waals surface area contributed by atoms with Crippen LogP contribution >= 0.6 is 15.9 Å². The number of furan rings is 1. The van der Waals surface area contributed by atoms with Gasteiger partial charge in [0.05, 0.1) is 6.54 Å². The molecule has 2 rings (SSSR count). The van der Waals surface area contributed by atoms with Crippen molar-refractivity contribution in [3.63, 3.8) is 0 Å². The van der Waals surface area contributed by atoms with Crippen LogP contribution in [0.3, 0.4) is 0 Å². The number of benzene rings is 1. The third kappa shape index (κ3) is 3.21. The maximum Gasteiger partial charge on any atom is 0.287 e. The molecule has 2 aromatic rings. The number of nitrogens with one attached hydrogen (secondary N) is 1. The minimum Gasteiger partial charge on any atom is -0.455 e. The Morgan fingerprint density at radius 3 is 2.83 bits per heavy atom. The van der Waals surface area contributed by atoms with Crippen LogP contribution in [-0.2, 0) is 13.1 Å². The lowest BCUT2D eigenvalue weighted by molar-refractivity contribution is 0.0921. The van der Waals surface area contributed by atoms with Crippen molar-refractivity contribution in [2.75, 3.05) is 0 Å². The van der Waals surface area contributed by atoms with Gasteiger partial charge < -0.3 is 15.5 Å². The second-order valence-corrected chi connectivity index (χ2v) is 4.70. The second-order valence-electron chi connectivity index (χ2n) is 3.78. The summed E-state index contributed by atoms with van der Waals surface area (Å²) in [5, 5.41) is 2.79. The number of rotatable bonds is 4. The van der Waals surface area contributed by atoms with Crippen LogP contribution in [0.2, 0.25) is 0 Å². The number of nitrogens with two attached hydrogens (primary N) is 1. The van der Waals surface area contributed by atoms with Gasteiger partial charge in [-0.3, -0.25) is 4.79 Å². The quantitative estimate of drug-likeness (QED) is 0.911. The zero-order valence-electron chi connectivity index (χ0n) is 9.65. The van der Waals surface area contributed by atoms with Crippen molar-refractivity contribution in [1.29, 1.82) is 0 Å². The molecule has 0 aliphatic rings. The van der Waals surface area contributed by atoms with Crippen molar-refractivity contribution in [3.05, 3.63) is 58.0 Å². The predicted octanol–water partition coefficient (Wildman–Crippen LogP) is 2.43. The molecule has 1 heterocycles. The Balaban J connectivity index is 1.96. The maximum absolute atomic E-state index is 11.8. The van der Waals surface area contributed by atoms with Gasteiger partial charge in [0.15, 0.2) is 5.76 Å². The number of carbonyl (C=O) groups excluding carboxylic acids is 1. The smallest absolute Gasteiger partial charge is 0.287 e. The molecule has 0 saturated carbocycles. The Morgan fingerprint density at radius 2 is 2.17 bits per heavy atom. The Bertz CT molecular complexity index is 551. The summed E-state index contributed by atoms with van der Waals surface area (Å²) in [6.45, 7) is 0.746. The van der Waals surface area contributed by atoms with Gasteiger partial charge in [0.2, 0.25) is 0 Å². The number of hydrogen-bond donors (Lipinski definition) is 2. The first-order valence-electron chi connectivity index (χ1n) is 5.50. The fraction of sp³-hybridized carbons (Fsp3) is 0.154. The molecule has 0 bridgehead atoms. The van der Waals surface area contributed by atoms with E-state index in [1.165, 1.54) is 0 Å². The lowest BCUT2D eigenvalue weighted by atomic mass is 10.2. The Morgan fingerprint density at radius 1 is 1.33 bits per heavy atom. The first kappa shape index (κ1) is 12.9. The molecule has 0 saturated heterocycles. The van der Waals surface area contributed by atoms with Crippen LogP contribution in [0.15, 0.2) is 45.3 Å². The van der Waals surface area contributed by atoms with Gasteiger partial charge in [0.1, 0.15) is 5.76 Å². The molecule has 18 heavy (non-hydrogen) atoms. The minimum absolute atomic E-state index is 0.241. The van der Waals surface area contributed by atoms with E-state index in [1.54, 1.807) is 12.1 Å². The topological polar surface area (TPSA) is 68.3 Å². The largest absolute Gasteiger partial charge is 0.455 e. The van der Waals surface area contributed by atoms with E-state index in [0.29, 0.717) is 18.8 Å². The fourth-order valence-corrected chi connectivity index (χ4v) is 1.97. The average Bonchev–Trinajstić information content (AvgIpc) is 2.85. The van der Waals surface area contributed by atoms with Crippen LogP contribution in [0.5, 0.6) is 0 Å². The van der Waals surface area contributed by atoms with Crippen molar-refractivity contribution in [3.8, 4) is 0 Å². The van der Waals surface area contributed by atoms with Crippen molar-refractivity contribution < 1.29 is 9.21 Å². The molecule has 94 valence electrons. The molecule has 0 aliphatic heterocycles. The molecule has 4 nitrogen and oxygen atoms in total. The molecule has 0 atom stereocenters. The highest BCUT2D eigenvalue weighted by Gasteiger charge is 2.10. The molecule has 1 aromatic carbocycles. The van der Waals surface area contributed by atoms with Crippen LogP contribution in [0, 0.1) is 0 Å². The number of amides is 1. The standard InChI is InChI=1S/C13H13BrN2O2/c14-10-3-1-2-9(6-10)8-16-13(17)12-5-4-11(7-15)18-12/h1-6H,7-8,15H2,(H,16,17). The summed E-state index contributed by atoms with van der Waals surface area (Å²) < 4.78 is 6.24. The molecule has 0 radical (unpaired) electrons. The SMILES string of the molecule is NCc1ccc(C(=O)NCc2cccc(Br)c2)o1. The van der Waals surface area contributed by atoms with Crippen LogP contribution in [0.25, 0.3) is 0 Å². The van der Waals surface area contributed by atoms with Crippen LogP contribution in [-0.4, -0.2) is 5.91 Å². The van der Waals surface area contributed by atoms with E-state index in [2.05, 4.69) is 21.2 Å². The normalized spacial score (nSPS) is 10.3. The molecule has 1 amide bonds. The van der Waals surface area contributed by atoms with Gasteiger partial charge in [0.25, 0.3) is 5.91 Å². The molecular formula is C13H13BrN2O2. The van der Waals surface area contributed by atoms with Gasteiger partial charge >= 0.3 is 0 Å². The fourth-order valence-electron chi connectivity index (χ4n) is 1.53. The molecule has 0 spiro atoms. The zero-order chi connectivity index (χ0) is 13.0. The Labute approximate surface area is 113 Å². The Hall–Kier alpha value is -1.59. The molecule has 0 unspecified atom stereocenters. The van der Waals surface area contributed by atoms with E-state index < -0.39 is 0 Å². The van der Waals surface area contributed by atoms with Gasteiger partial charge in [-0.1, -0.05) is 28.1 Å². The van der Waals surface area contributed by atoms with E-state index >= 15 is 0 Å². The van der Waals surface area contributed by atoms with Gasteiger partial charge in [-0.15, -0.1) is 0 Å². The number of halogens is 1.